The van der Waals surface area contributed by atoms with Gasteiger partial charge in [0.15, 0.2) is 0 Å². The van der Waals surface area contributed by atoms with Crippen molar-refractivity contribution in [2.75, 3.05) is 7.05 Å². The Kier molecular flexibility index (Phi) is 4.40. The molecular weight excluding hydrogens is 265 g/mol. The summed E-state index contributed by atoms with van der Waals surface area (Å²) >= 11 is 5.91. The number of nitrogens with one attached hydrogen (secondary N) is 1. The molecule has 0 aliphatic carbocycles. The molecule has 2 aromatic rings. The van der Waals surface area contributed by atoms with E-state index in [4.69, 9.17) is 16.3 Å². The van der Waals surface area contributed by atoms with Gasteiger partial charge < -0.3 is 10.1 Å². The van der Waals surface area contributed by atoms with E-state index < -0.39 is 0 Å². The Morgan fingerprint density at radius 1 is 1.16 bits per heavy atom. The molecule has 0 saturated heterocycles. The van der Waals surface area contributed by atoms with Crippen molar-refractivity contribution in [2.45, 2.75) is 13.5 Å². The van der Waals surface area contributed by atoms with Gasteiger partial charge in [-0.2, -0.15) is 0 Å². The zero-order valence-electron chi connectivity index (χ0n) is 10.8. The molecule has 19 heavy (non-hydrogen) atoms. The number of halogens is 2. The zero-order valence-corrected chi connectivity index (χ0v) is 11.6. The van der Waals surface area contributed by atoms with E-state index >= 15 is 0 Å². The summed E-state index contributed by atoms with van der Waals surface area (Å²) in [6.07, 6.45) is 0. The SMILES string of the molecule is CNCc1cc(F)ccc1Oc1ccc(Cl)cc1C. The monoisotopic (exact) mass is 279 g/mol. The second-order valence-electron chi connectivity index (χ2n) is 4.29. The number of aryl methyl sites for hydroxylation is 1. The number of benzene rings is 2. The third-order valence-electron chi connectivity index (χ3n) is 2.75. The molecule has 0 aliphatic heterocycles. The lowest BCUT2D eigenvalue weighted by Crippen LogP contribution is -2.07. The summed E-state index contributed by atoms with van der Waals surface area (Å²) in [5.41, 5.74) is 1.71. The van der Waals surface area contributed by atoms with Crippen molar-refractivity contribution < 1.29 is 9.13 Å². The van der Waals surface area contributed by atoms with Crippen LogP contribution < -0.4 is 10.1 Å². The van der Waals surface area contributed by atoms with Crippen molar-refractivity contribution in [3.63, 3.8) is 0 Å². The lowest BCUT2D eigenvalue weighted by atomic mass is 10.2. The summed E-state index contributed by atoms with van der Waals surface area (Å²) in [7, 11) is 1.81. The molecule has 0 atom stereocenters. The summed E-state index contributed by atoms with van der Waals surface area (Å²) in [6.45, 7) is 2.46. The second kappa shape index (κ2) is 6.04. The molecule has 2 rings (SSSR count). The number of rotatable bonds is 4. The van der Waals surface area contributed by atoms with Gasteiger partial charge in [0.25, 0.3) is 0 Å². The van der Waals surface area contributed by atoms with Gasteiger partial charge in [0.05, 0.1) is 0 Å². The fourth-order valence-electron chi connectivity index (χ4n) is 1.82. The highest BCUT2D eigenvalue weighted by Gasteiger charge is 2.08. The van der Waals surface area contributed by atoms with E-state index in [1.165, 1.54) is 12.1 Å². The van der Waals surface area contributed by atoms with Crippen molar-refractivity contribution in [3.05, 3.63) is 58.4 Å². The summed E-state index contributed by atoms with van der Waals surface area (Å²) in [4.78, 5) is 0. The van der Waals surface area contributed by atoms with Crippen LogP contribution in [-0.2, 0) is 6.54 Å². The van der Waals surface area contributed by atoms with Crippen LogP contribution in [0.2, 0.25) is 5.02 Å². The molecule has 0 unspecified atom stereocenters. The maximum Gasteiger partial charge on any atom is 0.132 e. The van der Waals surface area contributed by atoms with Gasteiger partial charge in [-0.15, -0.1) is 0 Å². The third kappa shape index (κ3) is 3.46. The maximum absolute atomic E-state index is 13.2. The molecule has 1 N–H and O–H groups in total. The number of ether oxygens (including phenoxy) is 1. The lowest BCUT2D eigenvalue weighted by molar-refractivity contribution is 0.468. The lowest BCUT2D eigenvalue weighted by Gasteiger charge is -2.13. The van der Waals surface area contributed by atoms with Crippen LogP contribution in [-0.4, -0.2) is 7.05 Å². The fraction of sp³-hybridized carbons (Fsp3) is 0.200. The molecule has 0 bridgehead atoms. The van der Waals surface area contributed by atoms with Crippen molar-refractivity contribution in [1.29, 1.82) is 0 Å². The summed E-state index contributed by atoms with van der Waals surface area (Å²) in [5, 5.41) is 3.66. The Balaban J connectivity index is 2.32. The van der Waals surface area contributed by atoms with Crippen LogP contribution in [0, 0.1) is 12.7 Å². The van der Waals surface area contributed by atoms with E-state index in [-0.39, 0.29) is 5.82 Å². The van der Waals surface area contributed by atoms with Gasteiger partial charge in [0.2, 0.25) is 0 Å². The maximum atomic E-state index is 13.2. The van der Waals surface area contributed by atoms with Gasteiger partial charge in [-0.05, 0) is 55.9 Å². The molecule has 0 radical (unpaired) electrons. The van der Waals surface area contributed by atoms with Crippen molar-refractivity contribution >= 4 is 11.6 Å². The molecule has 0 aromatic heterocycles. The summed E-state index contributed by atoms with van der Waals surface area (Å²) in [6, 6.07) is 9.90. The van der Waals surface area contributed by atoms with E-state index in [1.807, 2.05) is 26.1 Å². The van der Waals surface area contributed by atoms with Crippen LogP contribution in [0.1, 0.15) is 11.1 Å². The van der Waals surface area contributed by atoms with Crippen molar-refractivity contribution in [2.24, 2.45) is 0 Å². The van der Waals surface area contributed by atoms with Gasteiger partial charge >= 0.3 is 0 Å². The highest BCUT2D eigenvalue weighted by atomic mass is 35.5. The first kappa shape index (κ1) is 13.8. The predicted octanol–water partition coefficient (Wildman–Crippen LogP) is 4.30. The van der Waals surface area contributed by atoms with Gasteiger partial charge in [-0.1, -0.05) is 11.6 Å². The van der Waals surface area contributed by atoms with Gasteiger partial charge in [-0.25, -0.2) is 4.39 Å². The molecule has 0 spiro atoms. The van der Waals surface area contributed by atoms with Crippen LogP contribution in [0.25, 0.3) is 0 Å². The Hall–Kier alpha value is -1.58. The van der Waals surface area contributed by atoms with Crippen molar-refractivity contribution in [3.8, 4) is 11.5 Å². The van der Waals surface area contributed by atoms with Gasteiger partial charge in [-0.3, -0.25) is 0 Å². The summed E-state index contributed by atoms with van der Waals surface area (Å²) < 4.78 is 19.1. The Morgan fingerprint density at radius 3 is 2.58 bits per heavy atom. The highest BCUT2D eigenvalue weighted by Crippen LogP contribution is 2.30. The smallest absolute Gasteiger partial charge is 0.132 e. The van der Waals surface area contributed by atoms with E-state index in [0.29, 0.717) is 23.1 Å². The van der Waals surface area contributed by atoms with Crippen molar-refractivity contribution in [1.82, 2.24) is 5.32 Å². The van der Waals surface area contributed by atoms with Crippen LogP contribution in [0.3, 0.4) is 0 Å². The molecule has 100 valence electrons. The van der Waals surface area contributed by atoms with E-state index in [2.05, 4.69) is 5.32 Å². The molecule has 0 aliphatic rings. The first-order valence-corrected chi connectivity index (χ1v) is 6.35. The van der Waals surface area contributed by atoms with Crippen LogP contribution in [0.4, 0.5) is 4.39 Å². The second-order valence-corrected chi connectivity index (χ2v) is 4.73. The Labute approximate surface area is 117 Å². The first-order chi connectivity index (χ1) is 9.10. The minimum atomic E-state index is -0.273. The number of hydrogen-bond acceptors (Lipinski definition) is 2. The van der Waals surface area contributed by atoms with Crippen LogP contribution >= 0.6 is 11.6 Å². The molecule has 0 amide bonds. The van der Waals surface area contributed by atoms with Crippen LogP contribution in [0.5, 0.6) is 11.5 Å². The minimum absolute atomic E-state index is 0.273. The number of hydrogen-bond donors (Lipinski definition) is 1. The predicted molar refractivity (Wildman–Crippen MR) is 75.4 cm³/mol. The zero-order chi connectivity index (χ0) is 13.8. The third-order valence-corrected chi connectivity index (χ3v) is 2.98. The topological polar surface area (TPSA) is 21.3 Å². The minimum Gasteiger partial charge on any atom is -0.457 e. The average Bonchev–Trinajstić information content (AvgIpc) is 2.36. The highest BCUT2D eigenvalue weighted by molar-refractivity contribution is 6.30. The van der Waals surface area contributed by atoms with E-state index in [0.717, 1.165) is 11.1 Å². The van der Waals surface area contributed by atoms with Gasteiger partial charge in [0, 0.05) is 17.1 Å². The Bertz CT molecular complexity index is 586. The quantitative estimate of drug-likeness (QED) is 0.901. The fourth-order valence-corrected chi connectivity index (χ4v) is 2.05. The molecule has 0 saturated carbocycles. The average molecular weight is 280 g/mol. The molecule has 2 nitrogen and oxygen atoms in total. The molecule has 0 fully saturated rings. The largest absolute Gasteiger partial charge is 0.457 e. The summed E-state index contributed by atoms with van der Waals surface area (Å²) in [5.74, 6) is 1.08. The van der Waals surface area contributed by atoms with E-state index in [1.54, 1.807) is 12.1 Å². The van der Waals surface area contributed by atoms with Gasteiger partial charge in [0.1, 0.15) is 17.3 Å². The standard InChI is InChI=1S/C15H15ClFNO/c1-10-7-12(16)3-5-14(10)19-15-6-4-13(17)8-11(15)9-18-2/h3-8,18H,9H2,1-2H3. The molecule has 4 heteroatoms. The molecular formula is C15H15ClFNO. The first-order valence-electron chi connectivity index (χ1n) is 5.97. The normalized spacial score (nSPS) is 10.5. The molecule has 0 heterocycles. The van der Waals surface area contributed by atoms with Crippen LogP contribution in [0.15, 0.2) is 36.4 Å². The van der Waals surface area contributed by atoms with E-state index in [9.17, 15) is 4.39 Å². The Morgan fingerprint density at radius 2 is 1.89 bits per heavy atom. The molecule has 2 aromatic carbocycles.